The third kappa shape index (κ3) is 4.65. The molecule has 3 rings (SSSR count). The average molecular weight is 364 g/mol. The van der Waals surface area contributed by atoms with Crippen molar-refractivity contribution in [2.24, 2.45) is 0 Å². The molecular formula is C21H20N2O2S. The van der Waals surface area contributed by atoms with Crippen molar-refractivity contribution in [3.63, 3.8) is 0 Å². The van der Waals surface area contributed by atoms with Crippen LogP contribution in [0.5, 0.6) is 0 Å². The van der Waals surface area contributed by atoms with E-state index in [1.165, 1.54) is 6.92 Å². The van der Waals surface area contributed by atoms with Crippen LogP contribution in [-0.4, -0.2) is 18.2 Å². The standard InChI is InChI=1S/C21H20N2O2S/c1-15(24)17-9-5-10-18(13-17)23-20(25)14-22-21(19-11-6-12-26-19)16-7-3-2-4-8-16/h2-13,21-22H,14H2,1H3,(H,23,25)/t21-/m0/s1. The minimum Gasteiger partial charge on any atom is -0.325 e. The van der Waals surface area contributed by atoms with Crippen molar-refractivity contribution < 1.29 is 9.59 Å². The maximum atomic E-state index is 12.3. The van der Waals surface area contributed by atoms with Crippen molar-refractivity contribution in [3.8, 4) is 0 Å². The Morgan fingerprint density at radius 2 is 1.81 bits per heavy atom. The number of hydrogen-bond acceptors (Lipinski definition) is 4. The minimum absolute atomic E-state index is 0.0268. The van der Waals surface area contributed by atoms with Crippen LogP contribution in [0.1, 0.15) is 33.8 Å². The molecule has 2 aromatic carbocycles. The number of benzene rings is 2. The lowest BCUT2D eigenvalue weighted by Gasteiger charge is -2.18. The molecule has 4 nitrogen and oxygen atoms in total. The Labute approximate surface area is 156 Å². The number of rotatable bonds is 7. The van der Waals surface area contributed by atoms with Crippen molar-refractivity contribution in [2.75, 3.05) is 11.9 Å². The van der Waals surface area contributed by atoms with Gasteiger partial charge in [-0.25, -0.2) is 0 Å². The molecule has 0 saturated heterocycles. The second kappa shape index (κ2) is 8.56. The number of nitrogens with one attached hydrogen (secondary N) is 2. The smallest absolute Gasteiger partial charge is 0.238 e. The normalized spacial score (nSPS) is 11.7. The van der Waals surface area contributed by atoms with Gasteiger partial charge in [0, 0.05) is 16.1 Å². The third-order valence-electron chi connectivity index (χ3n) is 3.98. The lowest BCUT2D eigenvalue weighted by molar-refractivity contribution is -0.115. The molecule has 26 heavy (non-hydrogen) atoms. The number of thiophene rings is 1. The van der Waals surface area contributed by atoms with Crippen molar-refractivity contribution >= 4 is 28.7 Å². The highest BCUT2D eigenvalue weighted by Crippen LogP contribution is 2.25. The first kappa shape index (κ1) is 18.0. The Morgan fingerprint density at radius 3 is 2.50 bits per heavy atom. The summed E-state index contributed by atoms with van der Waals surface area (Å²) in [6.45, 7) is 1.68. The lowest BCUT2D eigenvalue weighted by atomic mass is 10.1. The van der Waals surface area contributed by atoms with Crippen molar-refractivity contribution in [1.29, 1.82) is 0 Å². The van der Waals surface area contributed by atoms with Crippen LogP contribution < -0.4 is 10.6 Å². The van der Waals surface area contributed by atoms with Crippen LogP contribution in [0.15, 0.2) is 72.1 Å². The van der Waals surface area contributed by atoms with Gasteiger partial charge in [0.1, 0.15) is 0 Å². The largest absolute Gasteiger partial charge is 0.325 e. The van der Waals surface area contributed by atoms with Crippen LogP contribution in [0.25, 0.3) is 0 Å². The number of anilines is 1. The van der Waals surface area contributed by atoms with Gasteiger partial charge in [-0.05, 0) is 36.1 Å². The van der Waals surface area contributed by atoms with Gasteiger partial charge in [0.2, 0.25) is 5.91 Å². The van der Waals surface area contributed by atoms with Crippen molar-refractivity contribution in [3.05, 3.63) is 88.1 Å². The van der Waals surface area contributed by atoms with Gasteiger partial charge in [-0.3, -0.25) is 14.9 Å². The molecule has 132 valence electrons. The highest BCUT2D eigenvalue weighted by molar-refractivity contribution is 7.10. The van der Waals surface area contributed by atoms with E-state index in [1.54, 1.807) is 35.6 Å². The Morgan fingerprint density at radius 1 is 1.00 bits per heavy atom. The lowest BCUT2D eigenvalue weighted by Crippen LogP contribution is -2.31. The maximum absolute atomic E-state index is 12.3. The van der Waals surface area contributed by atoms with Crippen LogP contribution in [0, 0.1) is 0 Å². The average Bonchev–Trinajstić information content (AvgIpc) is 3.17. The fourth-order valence-corrected chi connectivity index (χ4v) is 3.53. The predicted octanol–water partition coefficient (Wildman–Crippen LogP) is 4.27. The molecule has 0 aliphatic rings. The summed E-state index contributed by atoms with van der Waals surface area (Å²) in [5.41, 5.74) is 2.31. The highest BCUT2D eigenvalue weighted by Gasteiger charge is 2.16. The second-order valence-corrected chi connectivity index (χ2v) is 6.90. The molecule has 1 aromatic heterocycles. The first-order valence-corrected chi connectivity index (χ1v) is 9.24. The van der Waals surface area contributed by atoms with E-state index in [-0.39, 0.29) is 24.3 Å². The predicted molar refractivity (Wildman–Crippen MR) is 106 cm³/mol. The number of hydrogen-bond donors (Lipinski definition) is 2. The molecule has 0 unspecified atom stereocenters. The van der Waals surface area contributed by atoms with E-state index in [9.17, 15) is 9.59 Å². The molecule has 0 aliphatic heterocycles. The molecule has 0 fully saturated rings. The third-order valence-corrected chi connectivity index (χ3v) is 4.92. The maximum Gasteiger partial charge on any atom is 0.238 e. The Kier molecular flexibility index (Phi) is 5.94. The number of carbonyl (C=O) groups is 2. The Hall–Kier alpha value is -2.76. The zero-order valence-electron chi connectivity index (χ0n) is 14.4. The van der Waals surface area contributed by atoms with Gasteiger partial charge in [0.05, 0.1) is 12.6 Å². The van der Waals surface area contributed by atoms with Crippen molar-refractivity contribution in [1.82, 2.24) is 5.32 Å². The summed E-state index contributed by atoms with van der Waals surface area (Å²) in [6, 6.07) is 21.0. The molecule has 1 atom stereocenters. The van der Waals surface area contributed by atoms with Crippen LogP contribution in [0.3, 0.4) is 0 Å². The highest BCUT2D eigenvalue weighted by atomic mass is 32.1. The molecule has 5 heteroatoms. The van der Waals surface area contributed by atoms with Crippen LogP contribution in [0.2, 0.25) is 0 Å². The van der Waals surface area contributed by atoms with E-state index in [1.807, 2.05) is 41.8 Å². The molecule has 1 heterocycles. The number of amides is 1. The van der Waals surface area contributed by atoms with Crippen LogP contribution in [0.4, 0.5) is 5.69 Å². The fraction of sp³-hybridized carbons (Fsp3) is 0.143. The molecule has 0 aliphatic carbocycles. The number of Topliss-reactive ketones (excluding diaryl/α,β-unsaturated/α-hetero) is 1. The zero-order chi connectivity index (χ0) is 18.4. The van der Waals surface area contributed by atoms with Crippen LogP contribution in [-0.2, 0) is 4.79 Å². The van der Waals surface area contributed by atoms with E-state index in [2.05, 4.69) is 16.7 Å². The van der Waals surface area contributed by atoms with Gasteiger partial charge in [0.15, 0.2) is 5.78 Å². The van der Waals surface area contributed by atoms with Gasteiger partial charge in [-0.1, -0.05) is 48.5 Å². The summed E-state index contributed by atoms with van der Waals surface area (Å²) in [5.74, 6) is -0.177. The second-order valence-electron chi connectivity index (χ2n) is 5.93. The molecule has 0 saturated carbocycles. The zero-order valence-corrected chi connectivity index (χ0v) is 15.3. The Bertz CT molecular complexity index is 876. The van der Waals surface area contributed by atoms with E-state index in [0.29, 0.717) is 11.3 Å². The van der Waals surface area contributed by atoms with Crippen molar-refractivity contribution in [2.45, 2.75) is 13.0 Å². The minimum atomic E-state index is -0.150. The Balaban J connectivity index is 1.67. The summed E-state index contributed by atoms with van der Waals surface area (Å²) in [5, 5.41) is 8.19. The van der Waals surface area contributed by atoms with Gasteiger partial charge in [-0.2, -0.15) is 0 Å². The molecule has 0 radical (unpaired) electrons. The quantitative estimate of drug-likeness (QED) is 0.616. The van der Waals surface area contributed by atoms with Gasteiger partial charge in [0.25, 0.3) is 0 Å². The molecule has 1 amide bonds. The summed E-state index contributed by atoms with van der Waals surface area (Å²) in [7, 11) is 0. The fourth-order valence-electron chi connectivity index (χ4n) is 2.70. The topological polar surface area (TPSA) is 58.2 Å². The van der Waals surface area contributed by atoms with E-state index >= 15 is 0 Å². The number of carbonyl (C=O) groups excluding carboxylic acids is 2. The SMILES string of the molecule is CC(=O)c1cccc(NC(=O)CN[C@@H](c2ccccc2)c2cccs2)c1. The molecule has 3 aromatic rings. The summed E-state index contributed by atoms with van der Waals surface area (Å²) in [6.07, 6.45) is 0. The molecular weight excluding hydrogens is 344 g/mol. The van der Waals surface area contributed by atoms with Gasteiger partial charge < -0.3 is 5.32 Å². The summed E-state index contributed by atoms with van der Waals surface area (Å²) >= 11 is 1.65. The van der Waals surface area contributed by atoms with E-state index < -0.39 is 0 Å². The number of ketones is 1. The summed E-state index contributed by atoms with van der Waals surface area (Å²) < 4.78 is 0. The first-order valence-electron chi connectivity index (χ1n) is 8.36. The van der Waals surface area contributed by atoms with Gasteiger partial charge in [-0.15, -0.1) is 11.3 Å². The van der Waals surface area contributed by atoms with Gasteiger partial charge >= 0.3 is 0 Å². The monoisotopic (exact) mass is 364 g/mol. The molecule has 2 N–H and O–H groups in total. The molecule has 0 bridgehead atoms. The molecule has 0 spiro atoms. The van der Waals surface area contributed by atoms with E-state index in [4.69, 9.17) is 0 Å². The first-order chi connectivity index (χ1) is 12.6. The summed E-state index contributed by atoms with van der Waals surface area (Å²) in [4.78, 5) is 25.0. The van der Waals surface area contributed by atoms with Crippen LogP contribution >= 0.6 is 11.3 Å². The van der Waals surface area contributed by atoms with E-state index in [0.717, 1.165) is 10.4 Å².